The molecular formula is C30H37ClFN5O. The first kappa shape index (κ1) is 28.0. The SMILES string of the molecule is Cc1ccncc1CN(c1ccc(F)cc1)C1CCN([C@H](C)CCNC(=O)c2c(C)cc(Cl)nc2C)CC1. The first-order valence-electron chi connectivity index (χ1n) is 13.3. The topological polar surface area (TPSA) is 61.4 Å². The minimum Gasteiger partial charge on any atom is -0.364 e. The molecule has 2 aromatic heterocycles. The molecule has 0 radical (unpaired) electrons. The number of hydrogen-bond acceptors (Lipinski definition) is 5. The highest BCUT2D eigenvalue weighted by Gasteiger charge is 2.27. The number of halogens is 2. The number of aryl methyl sites for hydroxylation is 3. The smallest absolute Gasteiger partial charge is 0.253 e. The summed E-state index contributed by atoms with van der Waals surface area (Å²) in [6, 6.07) is 11.3. The molecule has 0 bridgehead atoms. The summed E-state index contributed by atoms with van der Waals surface area (Å²) in [5.74, 6) is -0.324. The fourth-order valence-corrected chi connectivity index (χ4v) is 5.63. The van der Waals surface area contributed by atoms with Crippen LogP contribution < -0.4 is 10.2 Å². The summed E-state index contributed by atoms with van der Waals surface area (Å²) in [5.41, 5.74) is 5.51. The van der Waals surface area contributed by atoms with Crippen molar-refractivity contribution < 1.29 is 9.18 Å². The van der Waals surface area contributed by atoms with E-state index in [-0.39, 0.29) is 11.7 Å². The molecule has 0 aliphatic carbocycles. The Hall–Kier alpha value is -3.03. The Morgan fingerprint density at radius 3 is 2.53 bits per heavy atom. The van der Waals surface area contributed by atoms with E-state index < -0.39 is 0 Å². The maximum Gasteiger partial charge on any atom is 0.253 e. The normalized spacial score (nSPS) is 15.3. The van der Waals surface area contributed by atoms with Crippen molar-refractivity contribution in [2.75, 3.05) is 24.5 Å². The van der Waals surface area contributed by atoms with E-state index in [4.69, 9.17) is 11.6 Å². The van der Waals surface area contributed by atoms with Crippen LogP contribution in [0.2, 0.25) is 5.15 Å². The van der Waals surface area contributed by atoms with Crippen LogP contribution >= 0.6 is 11.6 Å². The monoisotopic (exact) mass is 537 g/mol. The van der Waals surface area contributed by atoms with Crippen LogP contribution in [0, 0.1) is 26.6 Å². The Bertz CT molecular complexity index is 1220. The molecule has 1 amide bonds. The molecule has 3 aromatic rings. The van der Waals surface area contributed by atoms with Crippen molar-refractivity contribution in [3.8, 4) is 0 Å². The van der Waals surface area contributed by atoms with E-state index in [1.807, 2.05) is 44.4 Å². The van der Waals surface area contributed by atoms with E-state index in [0.29, 0.717) is 35.0 Å². The van der Waals surface area contributed by atoms with Gasteiger partial charge in [0, 0.05) is 56.3 Å². The number of nitrogens with one attached hydrogen (secondary N) is 1. The van der Waals surface area contributed by atoms with Crippen LogP contribution in [0.4, 0.5) is 10.1 Å². The molecule has 0 unspecified atom stereocenters. The summed E-state index contributed by atoms with van der Waals surface area (Å²) in [6.07, 6.45) is 6.65. The molecule has 1 atom stereocenters. The predicted octanol–water partition coefficient (Wildman–Crippen LogP) is 5.87. The number of hydrogen-bond donors (Lipinski definition) is 1. The van der Waals surface area contributed by atoms with Gasteiger partial charge in [-0.3, -0.25) is 9.78 Å². The van der Waals surface area contributed by atoms with Gasteiger partial charge in [0.25, 0.3) is 5.91 Å². The Kier molecular flexibility index (Phi) is 9.34. The van der Waals surface area contributed by atoms with Gasteiger partial charge in [-0.2, -0.15) is 0 Å². The fourth-order valence-electron chi connectivity index (χ4n) is 5.34. The number of piperidine rings is 1. The summed E-state index contributed by atoms with van der Waals surface area (Å²) >= 11 is 6.01. The second kappa shape index (κ2) is 12.7. The van der Waals surface area contributed by atoms with E-state index in [1.54, 1.807) is 6.07 Å². The number of carbonyl (C=O) groups excluding carboxylic acids is 1. The highest BCUT2D eigenvalue weighted by atomic mass is 35.5. The third-order valence-electron chi connectivity index (χ3n) is 7.65. The highest BCUT2D eigenvalue weighted by molar-refractivity contribution is 6.29. The second-order valence-electron chi connectivity index (χ2n) is 10.3. The van der Waals surface area contributed by atoms with Crippen molar-refractivity contribution in [2.45, 2.75) is 65.6 Å². The minimum atomic E-state index is -0.223. The molecule has 1 N–H and O–H groups in total. The van der Waals surface area contributed by atoms with Gasteiger partial charge in [-0.1, -0.05) is 11.6 Å². The molecule has 1 fully saturated rings. The van der Waals surface area contributed by atoms with Crippen LogP contribution in [0.3, 0.4) is 0 Å². The van der Waals surface area contributed by atoms with Crippen LogP contribution in [-0.2, 0) is 6.54 Å². The van der Waals surface area contributed by atoms with Crippen LogP contribution in [0.15, 0.2) is 48.8 Å². The summed E-state index contributed by atoms with van der Waals surface area (Å²) in [6.45, 7) is 11.3. The molecule has 8 heteroatoms. The molecule has 1 aliphatic rings. The summed E-state index contributed by atoms with van der Waals surface area (Å²) < 4.78 is 13.7. The molecule has 1 aliphatic heterocycles. The van der Waals surface area contributed by atoms with Crippen LogP contribution in [0.5, 0.6) is 0 Å². The largest absolute Gasteiger partial charge is 0.364 e. The molecule has 6 nitrogen and oxygen atoms in total. The third kappa shape index (κ3) is 6.88. The Balaban J connectivity index is 1.33. The van der Waals surface area contributed by atoms with Gasteiger partial charge in [-0.05, 0) is 100 Å². The number of likely N-dealkylation sites (tertiary alicyclic amines) is 1. The van der Waals surface area contributed by atoms with E-state index >= 15 is 0 Å². The van der Waals surface area contributed by atoms with Crippen molar-refractivity contribution in [1.82, 2.24) is 20.2 Å². The maximum absolute atomic E-state index is 13.7. The maximum atomic E-state index is 13.7. The lowest BCUT2D eigenvalue weighted by atomic mass is 9.99. The number of amides is 1. The molecule has 0 saturated carbocycles. The number of aromatic nitrogens is 2. The molecule has 4 rings (SSSR count). The van der Waals surface area contributed by atoms with Gasteiger partial charge in [0.05, 0.1) is 11.3 Å². The van der Waals surface area contributed by atoms with Crippen molar-refractivity contribution in [3.63, 3.8) is 0 Å². The molecular weight excluding hydrogens is 501 g/mol. The Labute approximate surface area is 230 Å². The summed E-state index contributed by atoms with van der Waals surface area (Å²) in [4.78, 5) is 26.2. The number of anilines is 1. The number of pyridine rings is 2. The van der Waals surface area contributed by atoms with Crippen molar-refractivity contribution in [1.29, 1.82) is 0 Å². The second-order valence-corrected chi connectivity index (χ2v) is 10.7. The van der Waals surface area contributed by atoms with Gasteiger partial charge in [0.15, 0.2) is 0 Å². The zero-order valence-electron chi connectivity index (χ0n) is 22.7. The average Bonchev–Trinajstić information content (AvgIpc) is 2.88. The zero-order chi connectivity index (χ0) is 27.2. The molecule has 202 valence electrons. The number of benzene rings is 1. The van der Waals surface area contributed by atoms with Gasteiger partial charge < -0.3 is 15.1 Å². The van der Waals surface area contributed by atoms with Crippen LogP contribution in [-0.4, -0.2) is 52.5 Å². The fraction of sp³-hybridized carbons (Fsp3) is 0.433. The lowest BCUT2D eigenvalue weighted by molar-refractivity contribution is 0.0943. The van der Waals surface area contributed by atoms with Crippen molar-refractivity contribution >= 4 is 23.2 Å². The van der Waals surface area contributed by atoms with Gasteiger partial charge >= 0.3 is 0 Å². The Morgan fingerprint density at radius 2 is 1.87 bits per heavy atom. The quantitative estimate of drug-likeness (QED) is 0.346. The van der Waals surface area contributed by atoms with Crippen LogP contribution in [0.1, 0.15) is 58.9 Å². The summed E-state index contributed by atoms with van der Waals surface area (Å²) in [7, 11) is 0. The lowest BCUT2D eigenvalue weighted by Gasteiger charge is -2.42. The third-order valence-corrected chi connectivity index (χ3v) is 7.84. The average molecular weight is 538 g/mol. The number of rotatable bonds is 9. The highest BCUT2D eigenvalue weighted by Crippen LogP contribution is 2.28. The Morgan fingerprint density at radius 1 is 1.16 bits per heavy atom. The lowest BCUT2D eigenvalue weighted by Crippen LogP contribution is -2.48. The molecule has 3 heterocycles. The van der Waals surface area contributed by atoms with Crippen molar-refractivity contribution in [2.24, 2.45) is 0 Å². The number of nitrogens with zero attached hydrogens (tertiary/aromatic N) is 4. The van der Waals surface area contributed by atoms with E-state index in [0.717, 1.165) is 50.1 Å². The molecule has 38 heavy (non-hydrogen) atoms. The summed E-state index contributed by atoms with van der Waals surface area (Å²) in [5, 5.41) is 3.47. The standard InChI is InChI=1S/C30H37ClFN5O/c1-20-9-13-33-18-24(20)19-37(26-7-5-25(32)6-8-26)27-11-15-36(16-12-27)22(3)10-14-34-30(38)29-21(2)17-28(31)35-23(29)4/h5-9,13,17-18,22,27H,10-12,14-16,19H2,1-4H3,(H,34,38)/t22-/m1/s1. The van der Waals surface area contributed by atoms with Crippen LogP contribution in [0.25, 0.3) is 0 Å². The van der Waals surface area contributed by atoms with E-state index in [9.17, 15) is 9.18 Å². The minimum absolute atomic E-state index is 0.101. The molecule has 0 spiro atoms. The van der Waals surface area contributed by atoms with Crippen molar-refractivity contribution in [3.05, 3.63) is 87.7 Å². The zero-order valence-corrected chi connectivity index (χ0v) is 23.4. The van der Waals surface area contributed by atoms with Gasteiger partial charge in [0.2, 0.25) is 0 Å². The first-order valence-corrected chi connectivity index (χ1v) is 13.7. The van der Waals surface area contributed by atoms with E-state index in [1.165, 1.54) is 23.3 Å². The molecule has 1 aromatic carbocycles. The van der Waals surface area contributed by atoms with E-state index in [2.05, 4.69) is 38.9 Å². The predicted molar refractivity (Wildman–Crippen MR) is 151 cm³/mol. The van der Waals surface area contributed by atoms with Gasteiger partial charge in [-0.15, -0.1) is 0 Å². The molecule has 1 saturated heterocycles. The number of carbonyl (C=O) groups is 1. The van der Waals surface area contributed by atoms with Gasteiger partial charge in [0.1, 0.15) is 11.0 Å². The first-order chi connectivity index (χ1) is 18.2. The van der Waals surface area contributed by atoms with Gasteiger partial charge in [-0.25, -0.2) is 9.37 Å².